The predicted molar refractivity (Wildman–Crippen MR) is 135 cm³/mol. The molecule has 188 valence electrons. The lowest BCUT2D eigenvalue weighted by molar-refractivity contribution is 0.260. The zero-order chi connectivity index (χ0) is 25.3. The second-order valence-electron chi connectivity index (χ2n) is 7.53. The maximum atomic E-state index is 5.79. The van der Waals surface area contributed by atoms with Crippen LogP contribution < -0.4 is 24.3 Å². The third kappa shape index (κ3) is 5.83. The molecule has 0 radical (unpaired) electrons. The van der Waals surface area contributed by atoms with E-state index in [1.54, 1.807) is 19.2 Å². The van der Waals surface area contributed by atoms with E-state index in [2.05, 4.69) is 25.7 Å². The first-order chi connectivity index (χ1) is 17.6. The summed E-state index contributed by atoms with van der Waals surface area (Å²) in [5, 5.41) is 15.8. The lowest BCUT2D eigenvalue weighted by atomic mass is 10.1. The Morgan fingerprint density at radius 2 is 1.53 bits per heavy atom. The summed E-state index contributed by atoms with van der Waals surface area (Å²) in [6, 6.07) is 14.9. The summed E-state index contributed by atoms with van der Waals surface area (Å²) in [6.07, 6.45) is 0. The molecule has 0 atom stereocenters. The number of hydrogen-bond donors (Lipinski definition) is 1. The molecular formula is C26H29N5O5. The van der Waals surface area contributed by atoms with Crippen LogP contribution in [0, 0.1) is 0 Å². The maximum Gasteiger partial charge on any atom is 0.278 e. The van der Waals surface area contributed by atoms with Gasteiger partial charge in [-0.05, 0) is 74.9 Å². The van der Waals surface area contributed by atoms with E-state index in [4.69, 9.17) is 23.5 Å². The van der Waals surface area contributed by atoms with Crippen LogP contribution in [0.1, 0.15) is 26.3 Å². The Bertz CT molecular complexity index is 1230. The highest BCUT2D eigenvalue weighted by molar-refractivity contribution is 5.59. The number of rotatable bonds is 12. The highest BCUT2D eigenvalue weighted by Gasteiger charge is 2.16. The van der Waals surface area contributed by atoms with E-state index in [0.29, 0.717) is 61.0 Å². The van der Waals surface area contributed by atoms with E-state index in [-0.39, 0.29) is 5.89 Å². The number of ether oxygens (including phenoxy) is 4. The molecular weight excluding hydrogens is 462 g/mol. The summed E-state index contributed by atoms with van der Waals surface area (Å²) in [7, 11) is 1.62. The van der Waals surface area contributed by atoms with E-state index in [1.165, 1.54) is 0 Å². The van der Waals surface area contributed by atoms with E-state index >= 15 is 0 Å². The van der Waals surface area contributed by atoms with Crippen LogP contribution in [0.15, 0.2) is 53.1 Å². The zero-order valence-electron chi connectivity index (χ0n) is 20.8. The number of nitrogens with one attached hydrogen (secondary N) is 1. The van der Waals surface area contributed by atoms with Crippen molar-refractivity contribution in [2.75, 3.05) is 32.2 Å². The molecule has 1 N–H and O–H groups in total. The lowest BCUT2D eigenvalue weighted by Gasteiger charge is -2.17. The van der Waals surface area contributed by atoms with Crippen LogP contribution in [0.2, 0.25) is 0 Å². The average molecular weight is 492 g/mol. The fraction of sp³-hybridized carbons (Fsp3) is 0.308. The minimum atomic E-state index is 0.286. The molecule has 2 heterocycles. The first-order valence-corrected chi connectivity index (χ1v) is 11.8. The first-order valence-electron chi connectivity index (χ1n) is 11.8. The summed E-state index contributed by atoms with van der Waals surface area (Å²) < 4.78 is 27.9. The molecule has 2 aromatic heterocycles. The molecule has 4 rings (SSSR count). The summed E-state index contributed by atoms with van der Waals surface area (Å²) in [6.45, 7) is 7.83. The quantitative estimate of drug-likeness (QED) is 0.290. The molecule has 10 nitrogen and oxygen atoms in total. The van der Waals surface area contributed by atoms with Gasteiger partial charge in [-0.25, -0.2) is 0 Å². The van der Waals surface area contributed by atoms with Crippen molar-refractivity contribution in [3.63, 3.8) is 0 Å². The van der Waals surface area contributed by atoms with Gasteiger partial charge >= 0.3 is 0 Å². The van der Waals surface area contributed by atoms with Gasteiger partial charge in [-0.2, -0.15) is 4.98 Å². The van der Waals surface area contributed by atoms with Gasteiger partial charge < -0.3 is 28.8 Å². The van der Waals surface area contributed by atoms with Crippen LogP contribution >= 0.6 is 0 Å². The topological polar surface area (TPSA) is 114 Å². The molecule has 0 aliphatic heterocycles. The monoisotopic (exact) mass is 491 g/mol. The number of nitrogens with zero attached hydrogens (tertiary/aromatic N) is 4. The van der Waals surface area contributed by atoms with Crippen molar-refractivity contribution in [1.82, 2.24) is 20.3 Å². The second-order valence-corrected chi connectivity index (χ2v) is 7.53. The number of aromatic nitrogens is 4. The largest absolute Gasteiger partial charge is 0.497 e. The Balaban J connectivity index is 1.45. The molecule has 0 aliphatic carbocycles. The third-order valence-corrected chi connectivity index (χ3v) is 5.10. The summed E-state index contributed by atoms with van der Waals surface area (Å²) in [4.78, 5) is 4.43. The predicted octanol–water partition coefficient (Wildman–Crippen LogP) is 5.01. The normalized spacial score (nSPS) is 10.7. The van der Waals surface area contributed by atoms with Gasteiger partial charge in [0.25, 0.3) is 5.89 Å². The molecule has 0 unspecified atom stereocenters. The highest BCUT2D eigenvalue weighted by Crippen LogP contribution is 2.39. The van der Waals surface area contributed by atoms with Crippen molar-refractivity contribution in [2.24, 2.45) is 0 Å². The molecule has 0 aliphatic rings. The maximum absolute atomic E-state index is 5.79. The van der Waals surface area contributed by atoms with Gasteiger partial charge in [-0.3, -0.25) is 0 Å². The molecule has 36 heavy (non-hydrogen) atoms. The number of anilines is 1. The van der Waals surface area contributed by atoms with Crippen molar-refractivity contribution in [1.29, 1.82) is 0 Å². The van der Waals surface area contributed by atoms with Gasteiger partial charge in [0.1, 0.15) is 11.6 Å². The molecule has 4 aromatic rings. The van der Waals surface area contributed by atoms with Crippen molar-refractivity contribution in [3.8, 4) is 46.0 Å². The van der Waals surface area contributed by atoms with Gasteiger partial charge in [0.2, 0.25) is 11.6 Å². The fourth-order valence-corrected chi connectivity index (χ4v) is 3.46. The zero-order valence-corrected chi connectivity index (χ0v) is 20.8. The Hall–Kier alpha value is -4.34. The summed E-state index contributed by atoms with van der Waals surface area (Å²) in [5.41, 5.74) is 2.24. The molecule has 10 heteroatoms. The Kier molecular flexibility index (Phi) is 8.17. The average Bonchev–Trinajstić information content (AvgIpc) is 3.40. The molecule has 0 bridgehead atoms. The summed E-state index contributed by atoms with van der Waals surface area (Å²) >= 11 is 0. The Labute approximate surface area is 209 Å². The SMILES string of the molecule is CCOc1cc(CNc2ccc(-c3nc(-c4ccc(OC)cc4)no3)nn2)cc(OCC)c1OCC. The number of hydrogen-bond acceptors (Lipinski definition) is 10. The highest BCUT2D eigenvalue weighted by atomic mass is 16.5. The van der Waals surface area contributed by atoms with Gasteiger partial charge in [0.15, 0.2) is 17.2 Å². The summed E-state index contributed by atoms with van der Waals surface area (Å²) in [5.74, 6) is 4.00. The standard InChI is InChI=1S/C26H29N5O5/c1-5-33-21-14-17(15-22(34-6-2)24(21)35-7-3)16-27-23-13-12-20(29-30-23)26-28-25(31-36-26)18-8-10-19(32-4)11-9-18/h8-15H,5-7,16H2,1-4H3,(H,27,30). The molecule has 0 saturated carbocycles. The van der Waals surface area contributed by atoms with Crippen LogP contribution in [0.4, 0.5) is 5.82 Å². The van der Waals surface area contributed by atoms with Gasteiger partial charge in [-0.15, -0.1) is 10.2 Å². The Morgan fingerprint density at radius 3 is 2.11 bits per heavy atom. The Morgan fingerprint density at radius 1 is 0.833 bits per heavy atom. The van der Waals surface area contributed by atoms with Crippen LogP contribution in [0.25, 0.3) is 23.0 Å². The second kappa shape index (κ2) is 11.9. The van der Waals surface area contributed by atoms with Gasteiger partial charge in [0.05, 0.1) is 26.9 Å². The van der Waals surface area contributed by atoms with Gasteiger partial charge in [-0.1, -0.05) is 5.16 Å². The smallest absolute Gasteiger partial charge is 0.278 e. The van der Waals surface area contributed by atoms with Crippen LogP contribution in [0.3, 0.4) is 0 Å². The lowest BCUT2D eigenvalue weighted by Crippen LogP contribution is -2.06. The minimum absolute atomic E-state index is 0.286. The van der Waals surface area contributed by atoms with E-state index in [9.17, 15) is 0 Å². The van der Waals surface area contributed by atoms with Crippen molar-refractivity contribution < 1.29 is 23.5 Å². The molecule has 0 amide bonds. The number of methoxy groups -OCH3 is 1. The first kappa shape index (κ1) is 24.8. The molecule has 0 fully saturated rings. The third-order valence-electron chi connectivity index (χ3n) is 5.10. The molecule has 0 spiro atoms. The van der Waals surface area contributed by atoms with E-state index in [0.717, 1.165) is 16.9 Å². The van der Waals surface area contributed by atoms with E-state index in [1.807, 2.05) is 57.2 Å². The van der Waals surface area contributed by atoms with Crippen LogP contribution in [0.5, 0.6) is 23.0 Å². The molecule has 0 saturated heterocycles. The van der Waals surface area contributed by atoms with E-state index < -0.39 is 0 Å². The van der Waals surface area contributed by atoms with Crippen molar-refractivity contribution in [3.05, 3.63) is 54.1 Å². The van der Waals surface area contributed by atoms with Crippen LogP contribution in [-0.4, -0.2) is 47.3 Å². The minimum Gasteiger partial charge on any atom is -0.497 e. The number of benzene rings is 2. The van der Waals surface area contributed by atoms with Crippen molar-refractivity contribution in [2.45, 2.75) is 27.3 Å². The van der Waals surface area contributed by atoms with Crippen molar-refractivity contribution >= 4 is 5.82 Å². The fourth-order valence-electron chi connectivity index (χ4n) is 3.46. The van der Waals surface area contributed by atoms with Crippen LogP contribution in [-0.2, 0) is 6.54 Å². The van der Waals surface area contributed by atoms with Gasteiger partial charge in [0, 0.05) is 12.1 Å². The molecule has 2 aromatic carbocycles.